The summed E-state index contributed by atoms with van der Waals surface area (Å²) in [5, 5.41) is 12.0. The van der Waals surface area contributed by atoms with Gasteiger partial charge in [0.05, 0.1) is 30.6 Å². The molecule has 240 valence electrons. The molecule has 1 N–H and O–H groups in total. The van der Waals surface area contributed by atoms with Gasteiger partial charge in [-0.3, -0.25) is 14.2 Å². The van der Waals surface area contributed by atoms with Crippen molar-refractivity contribution in [3.63, 3.8) is 0 Å². The summed E-state index contributed by atoms with van der Waals surface area (Å²) in [6.07, 6.45) is 4.48. The van der Waals surface area contributed by atoms with Crippen LogP contribution in [0, 0.1) is 12.7 Å². The Morgan fingerprint density at radius 1 is 1.20 bits per heavy atom. The van der Waals surface area contributed by atoms with Crippen molar-refractivity contribution in [2.45, 2.75) is 59.2 Å². The first-order valence-electron chi connectivity index (χ1n) is 13.6. The maximum atomic E-state index is 14.0. The lowest BCUT2D eigenvalue weighted by Crippen LogP contribution is -2.56. The average Bonchev–Trinajstić information content (AvgIpc) is 3.56. The molecule has 1 aromatic carbocycles. The molecular weight excluding hydrogens is 632 g/mol. The van der Waals surface area contributed by atoms with Crippen molar-refractivity contribution in [3.05, 3.63) is 68.4 Å². The van der Waals surface area contributed by atoms with Crippen LogP contribution in [0.4, 0.5) is 4.39 Å². The molecule has 0 atom stereocenters. The van der Waals surface area contributed by atoms with Crippen LogP contribution in [0.25, 0.3) is 15.2 Å². The third kappa shape index (κ3) is 7.77. The second-order valence-corrected chi connectivity index (χ2v) is 14.5. The highest BCUT2D eigenvalue weighted by atomic mass is 32.2. The molecule has 0 fully saturated rings. The number of rotatable bonds is 10. The molecule has 0 saturated carbocycles. The third-order valence-corrected chi connectivity index (χ3v) is 9.38. The number of hydrogen-bond donors (Lipinski definition) is 2. The van der Waals surface area contributed by atoms with Gasteiger partial charge in [0, 0.05) is 30.2 Å². The number of thiol groups is 1. The van der Waals surface area contributed by atoms with Crippen molar-refractivity contribution >= 4 is 49.9 Å². The maximum Gasteiger partial charge on any atom is 0.333 e. The Morgan fingerprint density at radius 2 is 1.84 bits per heavy atom. The number of ether oxygens (including phenoxy) is 1. The van der Waals surface area contributed by atoms with Crippen LogP contribution in [0.3, 0.4) is 0 Å². The highest BCUT2D eigenvalue weighted by Gasteiger charge is 2.35. The number of methoxy groups -OCH3 is 1. The molecule has 0 aliphatic rings. The fraction of sp³-hybridized carbons (Fsp3) is 0.464. The predicted molar refractivity (Wildman–Crippen MR) is 173 cm³/mol. The summed E-state index contributed by atoms with van der Waals surface area (Å²) in [7, 11) is -1.26. The predicted octanol–water partition coefficient (Wildman–Crippen LogP) is 2.72. The van der Waals surface area contributed by atoms with Crippen LogP contribution in [-0.2, 0) is 33.1 Å². The second-order valence-electron chi connectivity index (χ2n) is 10.9. The van der Waals surface area contributed by atoms with Crippen LogP contribution in [-0.4, -0.2) is 69.4 Å². The van der Waals surface area contributed by atoms with Gasteiger partial charge in [-0.2, -0.15) is 22.8 Å². The van der Waals surface area contributed by atoms with Gasteiger partial charge in [-0.15, -0.1) is 4.80 Å². The monoisotopic (exact) mass is 668 g/mol. The van der Waals surface area contributed by atoms with E-state index in [4.69, 9.17) is 4.74 Å². The number of aryl methyl sites for hydroxylation is 3. The lowest BCUT2D eigenvalue weighted by atomic mass is 10.0. The van der Waals surface area contributed by atoms with Gasteiger partial charge < -0.3 is 10.1 Å². The van der Waals surface area contributed by atoms with Crippen molar-refractivity contribution in [2.75, 3.05) is 24.9 Å². The van der Waals surface area contributed by atoms with Crippen molar-refractivity contribution in [1.29, 1.82) is 0 Å². The smallest absolute Gasteiger partial charge is 0.333 e. The zero-order valence-corrected chi connectivity index (χ0v) is 28.1. The molecule has 12 nitrogen and oxygen atoms in total. The molecule has 0 bridgehead atoms. The van der Waals surface area contributed by atoms with E-state index in [2.05, 4.69) is 28.1 Å². The zero-order valence-electron chi connectivity index (χ0n) is 25.6. The van der Waals surface area contributed by atoms with Gasteiger partial charge in [0.25, 0.3) is 5.56 Å². The Bertz CT molecular complexity index is 1860. The van der Waals surface area contributed by atoms with Crippen LogP contribution >= 0.6 is 24.0 Å². The molecule has 44 heavy (non-hydrogen) atoms. The van der Waals surface area contributed by atoms with E-state index in [1.807, 2.05) is 0 Å². The quantitative estimate of drug-likeness (QED) is 0.245. The molecule has 4 aromatic rings. The van der Waals surface area contributed by atoms with Crippen LogP contribution in [0.15, 0.2) is 40.2 Å². The zero-order chi connectivity index (χ0) is 33.0. The molecule has 1 amide bonds. The fourth-order valence-electron chi connectivity index (χ4n) is 4.42. The van der Waals surface area contributed by atoms with E-state index in [9.17, 15) is 27.2 Å². The first-order valence-corrected chi connectivity index (χ1v) is 17.1. The molecule has 0 saturated heterocycles. The van der Waals surface area contributed by atoms with Crippen molar-refractivity contribution < 1.29 is 22.3 Å². The molecule has 3 aromatic heterocycles. The number of aromatic nitrogens is 5. The number of sulfone groups is 1. The molecule has 3 heterocycles. The van der Waals surface area contributed by atoms with Crippen molar-refractivity contribution in [1.82, 2.24) is 29.4 Å². The number of thiophene rings is 1. The minimum absolute atomic E-state index is 0.114. The number of nitrogens with one attached hydrogen (secondary N) is 1. The van der Waals surface area contributed by atoms with Crippen molar-refractivity contribution in [2.24, 2.45) is 0 Å². The van der Waals surface area contributed by atoms with Gasteiger partial charge in [-0.1, -0.05) is 11.3 Å². The van der Waals surface area contributed by atoms with Gasteiger partial charge in [0.15, 0.2) is 0 Å². The minimum Gasteiger partial charge on any atom is -0.496 e. The van der Waals surface area contributed by atoms with Gasteiger partial charge in [0.2, 0.25) is 5.91 Å². The lowest BCUT2D eigenvalue weighted by Gasteiger charge is -2.27. The lowest BCUT2D eigenvalue weighted by molar-refractivity contribution is -0.129. The van der Waals surface area contributed by atoms with Crippen LogP contribution in [0.2, 0.25) is 0 Å². The molecule has 4 rings (SSSR count). The molecule has 16 heteroatoms. The number of carbonyl (C=O) groups is 1. The Hall–Kier alpha value is -3.50. The maximum absolute atomic E-state index is 14.0. The molecular formula is C28H37FN6O6S3. The van der Waals surface area contributed by atoms with E-state index >= 15 is 0 Å². The van der Waals surface area contributed by atoms with Crippen LogP contribution in [0.1, 0.15) is 38.8 Å². The summed E-state index contributed by atoms with van der Waals surface area (Å²) < 4.78 is 42.2. The van der Waals surface area contributed by atoms with E-state index in [0.717, 1.165) is 4.57 Å². The van der Waals surface area contributed by atoms with Gasteiger partial charge in [-0.05, 0) is 64.8 Å². The highest BCUT2D eigenvalue weighted by molar-refractivity contribution is 7.91. The van der Waals surface area contributed by atoms with Gasteiger partial charge in [0.1, 0.15) is 36.8 Å². The third-order valence-electron chi connectivity index (χ3n) is 6.63. The number of fused-ring (bicyclic) bond motifs is 1. The SMILES string of the molecule is COc1ccc(F)cc1CCn1c(=O)n(C(C)(C)C(=O)NC(C)C)c(=O)c2c(C)c(-n3nccn3)sc21.CS(=O)(=O)CCS. The molecule has 0 aliphatic carbocycles. The summed E-state index contributed by atoms with van der Waals surface area (Å²) in [5.74, 6) is 0.194. The summed E-state index contributed by atoms with van der Waals surface area (Å²) in [6, 6.07) is 4.00. The second kappa shape index (κ2) is 14.1. The van der Waals surface area contributed by atoms with E-state index in [0.29, 0.717) is 37.8 Å². The van der Waals surface area contributed by atoms with Crippen LogP contribution < -0.4 is 21.3 Å². The van der Waals surface area contributed by atoms with Gasteiger partial charge >= 0.3 is 5.69 Å². The Labute approximate surface area is 264 Å². The van der Waals surface area contributed by atoms with E-state index < -0.39 is 38.3 Å². The molecule has 0 spiro atoms. The highest BCUT2D eigenvalue weighted by Crippen LogP contribution is 2.31. The number of benzene rings is 1. The van der Waals surface area contributed by atoms with Gasteiger partial charge in [-0.25, -0.2) is 22.2 Å². The fourth-order valence-corrected chi connectivity index (χ4v) is 6.98. The summed E-state index contributed by atoms with van der Waals surface area (Å²) >= 11 is 4.94. The number of nitrogens with zero attached hydrogens (tertiary/aromatic N) is 5. The number of hydrogen-bond acceptors (Lipinski definition) is 10. The van der Waals surface area contributed by atoms with E-state index in [1.54, 1.807) is 20.8 Å². The standard InChI is InChI=1S/C25H29FN6O4S.C3H8O2S2/c1-14(2)29-23(34)25(4,5)31-20(33)19-15(3)21(32-27-10-11-28-32)37-22(19)30(24(31)35)12-9-16-13-17(26)7-8-18(16)36-6;1-7(4,5)3-2-6/h7-8,10-11,13-14H,9,12H2,1-6H3,(H,29,34);6H,2-3H2,1H3. The Kier molecular flexibility index (Phi) is 11.2. The molecule has 0 radical (unpaired) electrons. The largest absolute Gasteiger partial charge is 0.496 e. The first-order chi connectivity index (χ1) is 20.5. The number of carbonyl (C=O) groups excluding carboxylic acids is 1. The topological polar surface area (TPSA) is 147 Å². The summed E-state index contributed by atoms with van der Waals surface area (Å²) in [6.45, 7) is 8.56. The van der Waals surface area contributed by atoms with E-state index in [1.165, 1.54) is 78.5 Å². The number of halogens is 1. The Morgan fingerprint density at radius 3 is 2.36 bits per heavy atom. The van der Waals surface area contributed by atoms with Crippen LogP contribution in [0.5, 0.6) is 5.75 Å². The van der Waals surface area contributed by atoms with Crippen molar-refractivity contribution in [3.8, 4) is 10.8 Å². The summed E-state index contributed by atoms with van der Waals surface area (Å²) in [4.78, 5) is 42.6. The molecule has 0 aliphatic heterocycles. The number of amides is 1. The normalized spacial score (nSPS) is 11.9. The minimum atomic E-state index is -2.75. The van der Waals surface area contributed by atoms with E-state index in [-0.39, 0.29) is 24.8 Å². The average molecular weight is 669 g/mol. The Balaban J connectivity index is 0.000000676. The molecule has 0 unspecified atom stereocenters. The first kappa shape index (κ1) is 35.0. The summed E-state index contributed by atoms with van der Waals surface area (Å²) in [5.41, 5.74) is -1.54.